The Kier molecular flexibility index (Phi) is 9.92. The van der Waals surface area contributed by atoms with E-state index in [0.717, 1.165) is 42.7 Å². The molecule has 0 bridgehead atoms. The molecule has 1 unspecified atom stereocenters. The molecular weight excluding hydrogens is 545 g/mol. The standard InChI is InChI=1S/C25H30Cl3N3O4S/c1-17(25(33)29-20-10-4-3-5-11-20)30(15-18-8-6-9-19(26)14-18)23(32)16-31(36(2,34)35)22-13-7-12-21(27)24(22)28/h6-9,12-14,17,20H,3-5,10-11,15-16H2,1-2H3,(H,29,33). The highest BCUT2D eigenvalue weighted by molar-refractivity contribution is 7.92. The second kappa shape index (κ2) is 12.5. The average molecular weight is 575 g/mol. The first-order chi connectivity index (χ1) is 17.0. The predicted molar refractivity (Wildman–Crippen MR) is 145 cm³/mol. The van der Waals surface area contributed by atoms with Crippen molar-refractivity contribution >= 4 is 62.3 Å². The van der Waals surface area contributed by atoms with E-state index >= 15 is 0 Å². The van der Waals surface area contributed by atoms with Crippen LogP contribution in [0.2, 0.25) is 15.1 Å². The van der Waals surface area contributed by atoms with Gasteiger partial charge in [-0.3, -0.25) is 13.9 Å². The number of rotatable bonds is 9. The first kappa shape index (κ1) is 28.6. The number of carbonyl (C=O) groups is 2. The van der Waals surface area contributed by atoms with Gasteiger partial charge in [0.2, 0.25) is 21.8 Å². The minimum atomic E-state index is -3.91. The van der Waals surface area contributed by atoms with Gasteiger partial charge in [0.25, 0.3) is 0 Å². The third-order valence-electron chi connectivity index (χ3n) is 6.24. The van der Waals surface area contributed by atoms with Crippen LogP contribution in [0.1, 0.15) is 44.6 Å². The van der Waals surface area contributed by atoms with Gasteiger partial charge in [-0.05, 0) is 49.6 Å². The molecule has 0 heterocycles. The molecule has 3 rings (SSSR count). The van der Waals surface area contributed by atoms with Crippen molar-refractivity contribution in [1.82, 2.24) is 10.2 Å². The van der Waals surface area contributed by atoms with Crippen molar-refractivity contribution in [3.05, 3.63) is 63.1 Å². The zero-order valence-corrected chi connectivity index (χ0v) is 23.3. The van der Waals surface area contributed by atoms with Gasteiger partial charge in [-0.2, -0.15) is 0 Å². The van der Waals surface area contributed by atoms with E-state index in [2.05, 4.69) is 5.32 Å². The summed E-state index contributed by atoms with van der Waals surface area (Å²) < 4.78 is 26.3. The first-order valence-electron chi connectivity index (χ1n) is 11.7. The lowest BCUT2D eigenvalue weighted by Gasteiger charge is -2.33. The molecule has 11 heteroatoms. The minimum Gasteiger partial charge on any atom is -0.352 e. The molecule has 0 radical (unpaired) electrons. The summed E-state index contributed by atoms with van der Waals surface area (Å²) in [5.74, 6) is -0.855. The lowest BCUT2D eigenvalue weighted by molar-refractivity contribution is -0.139. The number of sulfonamides is 1. The van der Waals surface area contributed by atoms with Crippen LogP contribution < -0.4 is 9.62 Å². The fourth-order valence-electron chi connectivity index (χ4n) is 4.26. The van der Waals surface area contributed by atoms with Crippen LogP contribution in [0.5, 0.6) is 0 Å². The molecule has 1 aliphatic carbocycles. The van der Waals surface area contributed by atoms with E-state index < -0.39 is 28.5 Å². The molecule has 0 spiro atoms. The van der Waals surface area contributed by atoms with Gasteiger partial charge >= 0.3 is 0 Å². The molecule has 1 atom stereocenters. The third-order valence-corrected chi connectivity index (χ3v) is 8.41. The van der Waals surface area contributed by atoms with Crippen LogP contribution in [0.4, 0.5) is 5.69 Å². The third kappa shape index (κ3) is 7.51. The number of nitrogens with one attached hydrogen (secondary N) is 1. The summed E-state index contributed by atoms with van der Waals surface area (Å²) in [6.07, 6.45) is 6.03. The van der Waals surface area contributed by atoms with Crippen LogP contribution >= 0.6 is 34.8 Å². The summed E-state index contributed by atoms with van der Waals surface area (Å²) in [5.41, 5.74) is 0.793. The normalized spacial score (nSPS) is 15.2. The quantitative estimate of drug-likeness (QED) is 0.442. The van der Waals surface area contributed by atoms with E-state index in [4.69, 9.17) is 34.8 Å². The maximum absolute atomic E-state index is 13.6. The monoisotopic (exact) mass is 573 g/mol. The highest BCUT2D eigenvalue weighted by Crippen LogP contribution is 2.33. The lowest BCUT2D eigenvalue weighted by atomic mass is 9.95. The highest BCUT2D eigenvalue weighted by Gasteiger charge is 2.32. The topological polar surface area (TPSA) is 86.8 Å². The maximum atomic E-state index is 13.6. The molecule has 1 N–H and O–H groups in total. The van der Waals surface area contributed by atoms with Crippen molar-refractivity contribution in [3.63, 3.8) is 0 Å². The summed E-state index contributed by atoms with van der Waals surface area (Å²) >= 11 is 18.5. The predicted octanol–water partition coefficient (Wildman–Crippen LogP) is 5.28. The van der Waals surface area contributed by atoms with Gasteiger partial charge in [0, 0.05) is 17.6 Å². The second-order valence-corrected chi connectivity index (χ2v) is 12.1. The van der Waals surface area contributed by atoms with Gasteiger partial charge in [0.1, 0.15) is 12.6 Å². The summed E-state index contributed by atoms with van der Waals surface area (Å²) in [7, 11) is -3.91. The van der Waals surface area contributed by atoms with Crippen LogP contribution in [-0.2, 0) is 26.2 Å². The number of anilines is 1. The van der Waals surface area contributed by atoms with Crippen LogP contribution in [0, 0.1) is 0 Å². The molecule has 1 saturated carbocycles. The van der Waals surface area contributed by atoms with Crippen LogP contribution in [0.25, 0.3) is 0 Å². The van der Waals surface area contributed by atoms with Gasteiger partial charge in [0.15, 0.2) is 0 Å². The molecule has 7 nitrogen and oxygen atoms in total. The van der Waals surface area contributed by atoms with Crippen molar-refractivity contribution < 1.29 is 18.0 Å². The molecule has 36 heavy (non-hydrogen) atoms. The second-order valence-electron chi connectivity index (χ2n) is 9.01. The van der Waals surface area contributed by atoms with Crippen LogP contribution in [0.15, 0.2) is 42.5 Å². The Balaban J connectivity index is 1.90. The smallest absolute Gasteiger partial charge is 0.244 e. The Morgan fingerprint density at radius 1 is 1.06 bits per heavy atom. The number of hydrogen-bond donors (Lipinski definition) is 1. The van der Waals surface area contributed by atoms with E-state index in [-0.39, 0.29) is 34.2 Å². The van der Waals surface area contributed by atoms with E-state index in [1.165, 1.54) is 17.0 Å². The summed E-state index contributed by atoms with van der Waals surface area (Å²) in [6.45, 7) is 1.15. The zero-order valence-electron chi connectivity index (χ0n) is 20.2. The molecule has 0 saturated heterocycles. The van der Waals surface area contributed by atoms with Crippen LogP contribution in [0.3, 0.4) is 0 Å². The Bertz CT molecular complexity index is 1200. The average Bonchev–Trinajstić information content (AvgIpc) is 2.82. The molecule has 2 aromatic carbocycles. The van der Waals surface area contributed by atoms with Gasteiger partial charge < -0.3 is 10.2 Å². The number of hydrogen-bond acceptors (Lipinski definition) is 4. The SMILES string of the molecule is CC(C(=O)NC1CCCCC1)N(Cc1cccc(Cl)c1)C(=O)CN(c1cccc(Cl)c1Cl)S(C)(=O)=O. The number of nitrogens with zero attached hydrogens (tertiary/aromatic N) is 2. The van der Waals surface area contributed by atoms with Crippen LogP contribution in [-0.4, -0.2) is 50.0 Å². The zero-order chi connectivity index (χ0) is 26.5. The molecule has 2 aromatic rings. The fourth-order valence-corrected chi connectivity index (χ4v) is 5.78. The van der Waals surface area contributed by atoms with Gasteiger partial charge in [-0.15, -0.1) is 0 Å². The number of carbonyl (C=O) groups excluding carboxylic acids is 2. The van der Waals surface area contributed by atoms with E-state index in [1.54, 1.807) is 37.3 Å². The summed E-state index contributed by atoms with van der Waals surface area (Å²) in [5, 5.41) is 3.72. The van der Waals surface area contributed by atoms with Gasteiger partial charge in [-0.25, -0.2) is 8.42 Å². The van der Waals surface area contributed by atoms with Crippen molar-refractivity contribution in [3.8, 4) is 0 Å². The Labute approximate surface area is 227 Å². The Morgan fingerprint density at radius 2 is 1.72 bits per heavy atom. The van der Waals surface area contributed by atoms with E-state index in [1.807, 2.05) is 0 Å². The summed E-state index contributed by atoms with van der Waals surface area (Å²) in [4.78, 5) is 28.2. The van der Waals surface area contributed by atoms with Crippen molar-refractivity contribution in [2.45, 2.75) is 57.7 Å². The van der Waals surface area contributed by atoms with E-state index in [0.29, 0.717) is 10.6 Å². The van der Waals surface area contributed by atoms with Gasteiger partial charge in [0.05, 0.1) is 22.0 Å². The largest absolute Gasteiger partial charge is 0.352 e. The van der Waals surface area contributed by atoms with E-state index in [9.17, 15) is 18.0 Å². The van der Waals surface area contributed by atoms with Crippen molar-refractivity contribution in [1.29, 1.82) is 0 Å². The fraction of sp³-hybridized carbons (Fsp3) is 0.440. The highest BCUT2D eigenvalue weighted by atomic mass is 35.5. The van der Waals surface area contributed by atoms with Crippen molar-refractivity contribution in [2.75, 3.05) is 17.1 Å². The van der Waals surface area contributed by atoms with Crippen molar-refractivity contribution in [2.24, 2.45) is 0 Å². The Hall–Kier alpha value is -2.00. The molecular formula is C25H30Cl3N3O4S. The minimum absolute atomic E-state index is 0.0156. The number of halogens is 3. The molecule has 196 valence electrons. The molecule has 0 aromatic heterocycles. The number of amides is 2. The molecule has 2 amide bonds. The number of benzene rings is 2. The molecule has 1 aliphatic rings. The first-order valence-corrected chi connectivity index (χ1v) is 14.7. The lowest BCUT2D eigenvalue weighted by Crippen LogP contribution is -2.53. The Morgan fingerprint density at radius 3 is 2.36 bits per heavy atom. The summed E-state index contributed by atoms with van der Waals surface area (Å²) in [6, 6.07) is 10.7. The molecule has 1 fully saturated rings. The van der Waals surface area contributed by atoms with Gasteiger partial charge in [-0.1, -0.05) is 72.3 Å². The maximum Gasteiger partial charge on any atom is 0.244 e. The molecule has 0 aliphatic heterocycles.